The molecule has 0 saturated carbocycles. The number of rotatable bonds is 7. The Morgan fingerprint density at radius 3 is 2.66 bits per heavy atom. The van der Waals surface area contributed by atoms with Crippen LogP contribution >= 0.6 is 0 Å². The first-order valence-corrected chi connectivity index (χ1v) is 9.11. The first-order chi connectivity index (χ1) is 14.1. The second-order valence-electron chi connectivity index (χ2n) is 6.12. The van der Waals surface area contributed by atoms with Gasteiger partial charge in [-0.25, -0.2) is 18.8 Å². The van der Waals surface area contributed by atoms with E-state index >= 15 is 0 Å². The highest BCUT2D eigenvalue weighted by atomic mass is 19.1. The topological polar surface area (TPSA) is 87.2 Å². The number of nitrogens with one attached hydrogen (secondary N) is 3. The van der Waals surface area contributed by atoms with Gasteiger partial charge in [-0.3, -0.25) is 5.10 Å². The molecule has 1 aromatic heterocycles. The Morgan fingerprint density at radius 1 is 1.14 bits per heavy atom. The lowest BCUT2D eigenvalue weighted by molar-refractivity contribution is 0.415. The fraction of sp³-hybridized carbons (Fsp3) is 0.250. The molecule has 0 aliphatic rings. The third kappa shape index (κ3) is 5.50. The quantitative estimate of drug-likeness (QED) is 0.419. The minimum absolute atomic E-state index is 0.00638. The molecule has 0 saturated heterocycles. The van der Waals surface area contributed by atoms with Crippen molar-refractivity contribution in [1.29, 1.82) is 0 Å². The second kappa shape index (κ2) is 9.63. The van der Waals surface area contributed by atoms with Crippen molar-refractivity contribution in [2.75, 3.05) is 13.7 Å². The van der Waals surface area contributed by atoms with Crippen molar-refractivity contribution in [2.45, 2.75) is 20.0 Å². The standard InChI is InChI=1S/C20H22F2N6O/c1-3-23-20(24-11-14-10-15(21)6-9-17(14)22)25-12-18-26-19(28-27-18)13-4-7-16(29-2)8-5-13/h4-10H,3,11-12H2,1-2H3,(H2,23,24,25)(H,26,27,28). The Morgan fingerprint density at radius 2 is 1.93 bits per heavy atom. The zero-order valence-corrected chi connectivity index (χ0v) is 16.2. The number of ether oxygens (including phenoxy) is 1. The largest absolute Gasteiger partial charge is 0.497 e. The van der Waals surface area contributed by atoms with Crippen LogP contribution in [0.5, 0.6) is 5.75 Å². The molecule has 9 heteroatoms. The van der Waals surface area contributed by atoms with Crippen molar-refractivity contribution in [3.8, 4) is 17.1 Å². The highest BCUT2D eigenvalue weighted by molar-refractivity contribution is 5.79. The lowest BCUT2D eigenvalue weighted by Gasteiger charge is -2.10. The van der Waals surface area contributed by atoms with Crippen LogP contribution in [0.4, 0.5) is 8.78 Å². The van der Waals surface area contributed by atoms with Crippen LogP contribution in [-0.2, 0) is 13.1 Å². The number of aliphatic imine (C=N–C) groups is 1. The second-order valence-corrected chi connectivity index (χ2v) is 6.12. The van der Waals surface area contributed by atoms with Crippen LogP contribution in [0.2, 0.25) is 0 Å². The molecule has 0 atom stereocenters. The highest BCUT2D eigenvalue weighted by Crippen LogP contribution is 2.18. The van der Waals surface area contributed by atoms with Gasteiger partial charge in [0.05, 0.1) is 20.2 Å². The number of benzene rings is 2. The maximum Gasteiger partial charge on any atom is 0.191 e. The van der Waals surface area contributed by atoms with Gasteiger partial charge in [-0.1, -0.05) is 0 Å². The minimum Gasteiger partial charge on any atom is -0.497 e. The molecular formula is C20H22F2N6O. The molecular weight excluding hydrogens is 378 g/mol. The molecule has 0 aliphatic carbocycles. The molecule has 29 heavy (non-hydrogen) atoms. The third-order valence-corrected chi connectivity index (χ3v) is 4.06. The molecule has 0 unspecified atom stereocenters. The summed E-state index contributed by atoms with van der Waals surface area (Å²) in [6.45, 7) is 2.87. The van der Waals surface area contributed by atoms with E-state index in [2.05, 4.69) is 30.8 Å². The third-order valence-electron chi connectivity index (χ3n) is 4.06. The Kier molecular flexibility index (Phi) is 6.72. The summed E-state index contributed by atoms with van der Waals surface area (Å²) in [5, 5.41) is 13.2. The smallest absolute Gasteiger partial charge is 0.191 e. The predicted octanol–water partition coefficient (Wildman–Crippen LogP) is 3.01. The Hall–Kier alpha value is -3.49. The average molecular weight is 400 g/mol. The van der Waals surface area contributed by atoms with E-state index in [0.29, 0.717) is 30.7 Å². The zero-order valence-electron chi connectivity index (χ0n) is 16.2. The van der Waals surface area contributed by atoms with Crippen molar-refractivity contribution < 1.29 is 13.5 Å². The number of halogens is 2. The number of aromatic amines is 1. The van der Waals surface area contributed by atoms with Gasteiger partial charge in [0.25, 0.3) is 0 Å². The molecule has 3 aromatic rings. The maximum absolute atomic E-state index is 13.8. The molecule has 0 bridgehead atoms. The number of guanidine groups is 1. The zero-order chi connectivity index (χ0) is 20.6. The summed E-state index contributed by atoms with van der Waals surface area (Å²) in [5.74, 6) is 1.39. The molecule has 152 valence electrons. The average Bonchev–Trinajstić information content (AvgIpc) is 3.21. The summed E-state index contributed by atoms with van der Waals surface area (Å²) in [6.07, 6.45) is 0. The summed E-state index contributed by atoms with van der Waals surface area (Å²) in [7, 11) is 1.61. The number of hydrogen-bond donors (Lipinski definition) is 3. The van der Waals surface area contributed by atoms with Crippen LogP contribution in [-0.4, -0.2) is 34.8 Å². The lowest BCUT2D eigenvalue weighted by Crippen LogP contribution is -2.37. The van der Waals surface area contributed by atoms with Crippen LogP contribution in [0.25, 0.3) is 11.4 Å². The first kappa shape index (κ1) is 20.2. The maximum atomic E-state index is 13.8. The summed E-state index contributed by atoms with van der Waals surface area (Å²) in [6, 6.07) is 10.7. The fourth-order valence-electron chi connectivity index (χ4n) is 2.58. The van der Waals surface area contributed by atoms with Gasteiger partial charge in [-0.05, 0) is 49.4 Å². The number of nitrogens with zero attached hydrogens (tertiary/aromatic N) is 3. The molecule has 0 aliphatic heterocycles. The van der Waals surface area contributed by atoms with Gasteiger partial charge in [0.1, 0.15) is 23.2 Å². The molecule has 3 N–H and O–H groups in total. The first-order valence-electron chi connectivity index (χ1n) is 9.11. The summed E-state index contributed by atoms with van der Waals surface area (Å²) >= 11 is 0. The molecule has 3 rings (SSSR count). The Labute approximate surface area is 167 Å². The number of H-pyrrole nitrogens is 1. The van der Waals surface area contributed by atoms with Gasteiger partial charge in [0.15, 0.2) is 11.8 Å². The van der Waals surface area contributed by atoms with E-state index in [-0.39, 0.29) is 12.1 Å². The number of aromatic nitrogens is 3. The summed E-state index contributed by atoms with van der Waals surface area (Å²) in [4.78, 5) is 8.75. The monoisotopic (exact) mass is 400 g/mol. The lowest BCUT2D eigenvalue weighted by atomic mass is 10.2. The SMILES string of the molecule is CCNC(=NCc1cc(F)ccc1F)NCc1nc(-c2ccc(OC)cc2)n[nH]1. The Balaban J connectivity index is 1.64. The van der Waals surface area contributed by atoms with Gasteiger partial charge in [0.2, 0.25) is 0 Å². The van der Waals surface area contributed by atoms with Crippen LogP contribution < -0.4 is 15.4 Å². The van der Waals surface area contributed by atoms with Gasteiger partial charge in [-0.2, -0.15) is 5.10 Å². The molecule has 1 heterocycles. The highest BCUT2D eigenvalue weighted by Gasteiger charge is 2.08. The van der Waals surface area contributed by atoms with E-state index in [1.54, 1.807) is 7.11 Å². The van der Waals surface area contributed by atoms with E-state index in [9.17, 15) is 8.78 Å². The normalized spacial score (nSPS) is 11.4. The van der Waals surface area contributed by atoms with Crippen molar-refractivity contribution in [2.24, 2.45) is 4.99 Å². The van der Waals surface area contributed by atoms with Gasteiger partial charge >= 0.3 is 0 Å². The number of hydrogen-bond acceptors (Lipinski definition) is 4. The minimum atomic E-state index is -0.498. The van der Waals surface area contributed by atoms with Crippen molar-refractivity contribution in [3.63, 3.8) is 0 Å². The van der Waals surface area contributed by atoms with Gasteiger partial charge in [0, 0.05) is 17.7 Å². The molecule has 0 radical (unpaired) electrons. The molecule has 0 spiro atoms. The summed E-state index contributed by atoms with van der Waals surface area (Å²) < 4.78 is 32.2. The van der Waals surface area contributed by atoms with E-state index in [0.717, 1.165) is 29.5 Å². The van der Waals surface area contributed by atoms with Gasteiger partial charge < -0.3 is 15.4 Å². The van der Waals surface area contributed by atoms with E-state index < -0.39 is 11.6 Å². The predicted molar refractivity (Wildman–Crippen MR) is 106 cm³/mol. The van der Waals surface area contributed by atoms with E-state index in [1.807, 2.05) is 31.2 Å². The van der Waals surface area contributed by atoms with Crippen molar-refractivity contribution in [3.05, 3.63) is 65.5 Å². The number of methoxy groups -OCH3 is 1. The van der Waals surface area contributed by atoms with Crippen LogP contribution in [0, 0.1) is 11.6 Å². The van der Waals surface area contributed by atoms with Crippen LogP contribution in [0.3, 0.4) is 0 Å². The molecule has 7 nitrogen and oxygen atoms in total. The van der Waals surface area contributed by atoms with Gasteiger partial charge in [-0.15, -0.1) is 0 Å². The van der Waals surface area contributed by atoms with E-state index in [1.165, 1.54) is 0 Å². The summed E-state index contributed by atoms with van der Waals surface area (Å²) in [5.41, 5.74) is 1.04. The molecule has 0 amide bonds. The molecule has 0 fully saturated rings. The van der Waals surface area contributed by atoms with Crippen LogP contribution in [0.15, 0.2) is 47.5 Å². The van der Waals surface area contributed by atoms with Crippen molar-refractivity contribution >= 4 is 5.96 Å². The van der Waals surface area contributed by atoms with E-state index in [4.69, 9.17) is 4.74 Å². The van der Waals surface area contributed by atoms with Crippen molar-refractivity contribution in [1.82, 2.24) is 25.8 Å². The van der Waals surface area contributed by atoms with Crippen LogP contribution in [0.1, 0.15) is 18.3 Å². The fourth-order valence-corrected chi connectivity index (χ4v) is 2.58. The Bertz CT molecular complexity index is 971. The molecule has 2 aromatic carbocycles.